The highest BCUT2D eigenvalue weighted by Gasteiger charge is 2.39. The second-order valence-corrected chi connectivity index (χ2v) is 5.86. The lowest BCUT2D eigenvalue weighted by Gasteiger charge is -2.26. The Balaban J connectivity index is 2.29. The lowest BCUT2D eigenvalue weighted by Crippen LogP contribution is -2.38. The van der Waals surface area contributed by atoms with E-state index >= 15 is 0 Å². The van der Waals surface area contributed by atoms with Crippen LogP contribution >= 0.6 is 0 Å². The molecule has 0 unspecified atom stereocenters. The van der Waals surface area contributed by atoms with E-state index in [1.807, 2.05) is 6.92 Å². The van der Waals surface area contributed by atoms with Crippen molar-refractivity contribution in [2.45, 2.75) is 76.9 Å². The molecule has 0 spiro atoms. The smallest absolute Gasteiger partial charge is 0.305 e. The average molecular weight is 297 g/mol. The molecule has 0 bridgehead atoms. The third-order valence-electron chi connectivity index (χ3n) is 3.86. The topological polar surface area (TPSA) is 84.3 Å². The Bertz CT molecular complexity index is 369. The van der Waals surface area contributed by atoms with E-state index in [4.69, 9.17) is 15.0 Å². The molecule has 0 saturated carbocycles. The summed E-state index contributed by atoms with van der Waals surface area (Å²) < 4.78 is 11.2. The normalized spacial score (nSPS) is 24.6. The molecule has 0 aliphatic carbocycles. The predicted octanol–water partition coefficient (Wildman–Crippen LogP) is 4.14. The largest absolute Gasteiger partial charge is 0.463 e. The van der Waals surface area contributed by atoms with Crippen molar-refractivity contribution in [3.63, 3.8) is 0 Å². The first-order chi connectivity index (χ1) is 10.1. The number of azide groups is 1. The molecular weight excluding hydrogens is 270 g/mol. The van der Waals surface area contributed by atoms with Gasteiger partial charge in [0.15, 0.2) is 0 Å². The van der Waals surface area contributed by atoms with Crippen LogP contribution in [0.3, 0.4) is 0 Å². The van der Waals surface area contributed by atoms with E-state index in [1.165, 1.54) is 19.3 Å². The number of nitrogens with zero attached hydrogens (tertiary/aromatic N) is 3. The Morgan fingerprint density at radius 3 is 2.81 bits per heavy atom. The van der Waals surface area contributed by atoms with Crippen molar-refractivity contribution in [2.75, 3.05) is 13.2 Å². The SMILES string of the molecule is CCCCCCCC(=O)OC[C@]1(CN=[N+]=[N-])CC[C@H](C)O1. The fourth-order valence-electron chi connectivity index (χ4n) is 2.60. The zero-order valence-electron chi connectivity index (χ0n) is 13.2. The molecule has 0 aromatic heterocycles. The first-order valence-corrected chi connectivity index (χ1v) is 7.96. The van der Waals surface area contributed by atoms with Crippen molar-refractivity contribution in [3.8, 4) is 0 Å². The van der Waals surface area contributed by atoms with Gasteiger partial charge in [-0.25, -0.2) is 0 Å². The Kier molecular flexibility index (Phi) is 8.16. The second kappa shape index (κ2) is 9.64. The molecule has 120 valence electrons. The highest BCUT2D eigenvalue weighted by molar-refractivity contribution is 5.69. The van der Waals surface area contributed by atoms with Gasteiger partial charge < -0.3 is 9.47 Å². The molecule has 6 nitrogen and oxygen atoms in total. The van der Waals surface area contributed by atoms with E-state index in [2.05, 4.69) is 16.9 Å². The highest BCUT2D eigenvalue weighted by atomic mass is 16.6. The number of esters is 1. The van der Waals surface area contributed by atoms with Crippen molar-refractivity contribution in [1.29, 1.82) is 0 Å². The summed E-state index contributed by atoms with van der Waals surface area (Å²) in [5.41, 5.74) is 7.84. The molecule has 6 heteroatoms. The van der Waals surface area contributed by atoms with Gasteiger partial charge in [-0.05, 0) is 31.7 Å². The molecule has 1 saturated heterocycles. The van der Waals surface area contributed by atoms with E-state index in [1.54, 1.807) is 0 Å². The van der Waals surface area contributed by atoms with Crippen LogP contribution in [0.4, 0.5) is 0 Å². The number of hydrogen-bond acceptors (Lipinski definition) is 4. The Morgan fingerprint density at radius 1 is 1.43 bits per heavy atom. The summed E-state index contributed by atoms with van der Waals surface area (Å²) in [5.74, 6) is -0.185. The van der Waals surface area contributed by atoms with E-state index in [0.29, 0.717) is 6.42 Å². The van der Waals surface area contributed by atoms with E-state index < -0.39 is 5.60 Å². The van der Waals surface area contributed by atoms with Crippen LogP contribution in [0.25, 0.3) is 10.4 Å². The summed E-state index contributed by atoms with van der Waals surface area (Å²) in [6.45, 7) is 4.55. The molecule has 1 rings (SSSR count). The summed E-state index contributed by atoms with van der Waals surface area (Å²) >= 11 is 0. The quantitative estimate of drug-likeness (QED) is 0.200. The van der Waals surface area contributed by atoms with Gasteiger partial charge in [-0.15, -0.1) is 0 Å². The van der Waals surface area contributed by atoms with Gasteiger partial charge in [0.25, 0.3) is 0 Å². The van der Waals surface area contributed by atoms with Crippen molar-refractivity contribution < 1.29 is 14.3 Å². The minimum Gasteiger partial charge on any atom is -0.463 e. The molecule has 1 aliphatic rings. The van der Waals surface area contributed by atoms with Crippen molar-refractivity contribution in [2.24, 2.45) is 5.11 Å². The first-order valence-electron chi connectivity index (χ1n) is 7.96. The van der Waals surface area contributed by atoms with Crippen LogP contribution in [0.15, 0.2) is 5.11 Å². The molecule has 0 radical (unpaired) electrons. The maximum atomic E-state index is 11.7. The molecular formula is C15H27N3O3. The summed E-state index contributed by atoms with van der Waals surface area (Å²) in [4.78, 5) is 14.5. The lowest BCUT2D eigenvalue weighted by atomic mass is 10.0. The van der Waals surface area contributed by atoms with Crippen LogP contribution in [0.5, 0.6) is 0 Å². The van der Waals surface area contributed by atoms with Crippen LogP contribution < -0.4 is 0 Å². The van der Waals surface area contributed by atoms with Gasteiger partial charge in [0, 0.05) is 11.3 Å². The second-order valence-electron chi connectivity index (χ2n) is 5.86. The number of carbonyl (C=O) groups excluding carboxylic acids is 1. The van der Waals surface area contributed by atoms with Gasteiger partial charge in [0.05, 0.1) is 12.6 Å². The molecule has 1 heterocycles. The standard InChI is InChI=1S/C15H27N3O3/c1-3-4-5-6-7-8-14(19)20-12-15(11-17-18-16)10-9-13(2)21-15/h13H,3-12H2,1-2H3/t13-,15+/m0/s1. The van der Waals surface area contributed by atoms with E-state index in [9.17, 15) is 4.79 Å². The Morgan fingerprint density at radius 2 is 2.19 bits per heavy atom. The van der Waals surface area contributed by atoms with Gasteiger partial charge >= 0.3 is 5.97 Å². The number of hydrogen-bond donors (Lipinski definition) is 0. The van der Waals surface area contributed by atoms with Gasteiger partial charge in [0.2, 0.25) is 0 Å². The third kappa shape index (κ3) is 6.82. The van der Waals surface area contributed by atoms with Crippen LogP contribution in [0, 0.1) is 0 Å². The molecule has 1 fully saturated rings. The van der Waals surface area contributed by atoms with E-state index in [0.717, 1.165) is 25.7 Å². The van der Waals surface area contributed by atoms with Crippen LogP contribution in [-0.2, 0) is 14.3 Å². The Labute approximate surface area is 126 Å². The molecule has 0 amide bonds. The van der Waals surface area contributed by atoms with Crippen molar-refractivity contribution >= 4 is 5.97 Å². The monoisotopic (exact) mass is 297 g/mol. The number of carbonyl (C=O) groups is 1. The van der Waals surface area contributed by atoms with Crippen LogP contribution in [0.2, 0.25) is 0 Å². The third-order valence-corrected chi connectivity index (χ3v) is 3.86. The molecule has 0 aromatic rings. The maximum Gasteiger partial charge on any atom is 0.305 e. The Hall–Kier alpha value is -1.26. The summed E-state index contributed by atoms with van der Waals surface area (Å²) in [6, 6.07) is 0. The van der Waals surface area contributed by atoms with Crippen molar-refractivity contribution in [3.05, 3.63) is 10.4 Å². The zero-order valence-corrected chi connectivity index (χ0v) is 13.2. The fourth-order valence-corrected chi connectivity index (χ4v) is 2.60. The average Bonchev–Trinajstić information content (AvgIpc) is 2.85. The molecule has 2 atom stereocenters. The summed E-state index contributed by atoms with van der Waals surface area (Å²) in [6.07, 6.45) is 7.76. The maximum absolute atomic E-state index is 11.7. The van der Waals surface area contributed by atoms with Crippen molar-refractivity contribution in [1.82, 2.24) is 0 Å². The zero-order chi connectivity index (χ0) is 15.6. The van der Waals surface area contributed by atoms with Gasteiger partial charge in [-0.3, -0.25) is 4.79 Å². The first kappa shape index (κ1) is 17.8. The lowest BCUT2D eigenvalue weighted by molar-refractivity contribution is -0.153. The summed E-state index contributed by atoms with van der Waals surface area (Å²) in [7, 11) is 0. The number of ether oxygens (including phenoxy) is 2. The highest BCUT2D eigenvalue weighted by Crippen LogP contribution is 2.31. The van der Waals surface area contributed by atoms with Gasteiger partial charge in [0.1, 0.15) is 12.2 Å². The minimum absolute atomic E-state index is 0.117. The van der Waals surface area contributed by atoms with E-state index in [-0.39, 0.29) is 25.2 Å². The van der Waals surface area contributed by atoms with Gasteiger partial charge in [-0.2, -0.15) is 0 Å². The predicted molar refractivity (Wildman–Crippen MR) is 80.9 cm³/mol. The molecule has 0 aromatic carbocycles. The molecule has 1 aliphatic heterocycles. The minimum atomic E-state index is -0.622. The number of rotatable bonds is 10. The van der Waals surface area contributed by atoms with Gasteiger partial charge in [-0.1, -0.05) is 37.7 Å². The van der Waals surface area contributed by atoms with Crippen LogP contribution in [-0.4, -0.2) is 30.8 Å². The fraction of sp³-hybridized carbons (Fsp3) is 0.933. The van der Waals surface area contributed by atoms with Crippen LogP contribution in [0.1, 0.15) is 65.2 Å². The number of unbranched alkanes of at least 4 members (excludes halogenated alkanes) is 4. The molecule has 21 heavy (non-hydrogen) atoms. The molecule has 0 N–H and O–H groups in total. The summed E-state index contributed by atoms with van der Waals surface area (Å²) in [5, 5.41) is 3.60.